The molecule has 2 rings (SSSR count). The van der Waals surface area contributed by atoms with E-state index < -0.39 is 0 Å². The zero-order valence-corrected chi connectivity index (χ0v) is 10.4. The largest absolute Gasteiger partial charge is 0.497 e. The first kappa shape index (κ1) is 12.2. The van der Waals surface area contributed by atoms with E-state index in [0.29, 0.717) is 5.56 Å². The van der Waals surface area contributed by atoms with Crippen molar-refractivity contribution in [2.24, 2.45) is 0 Å². The Morgan fingerprint density at radius 2 is 1.83 bits per heavy atom. The van der Waals surface area contributed by atoms with Crippen LogP contribution in [-0.2, 0) is 0 Å². The van der Waals surface area contributed by atoms with Crippen LogP contribution in [0.15, 0.2) is 48.5 Å². The van der Waals surface area contributed by atoms with Crippen molar-refractivity contribution in [3.63, 3.8) is 0 Å². The fourth-order valence-corrected chi connectivity index (χ4v) is 1.74. The lowest BCUT2D eigenvalue weighted by atomic mass is 10.1. The van der Waals surface area contributed by atoms with E-state index in [-0.39, 0.29) is 5.78 Å². The maximum atomic E-state index is 11.6. The van der Waals surface area contributed by atoms with Gasteiger partial charge in [0.05, 0.1) is 12.8 Å². The fourth-order valence-electron chi connectivity index (χ4n) is 1.74. The summed E-state index contributed by atoms with van der Waals surface area (Å²) in [5, 5.41) is 3.23. The standard InChI is InChI=1S/C15H15NO2/c1-11(17)14-9-8-13(18-2)10-15(14)16-12-6-4-3-5-7-12/h3-10,16H,1-2H3. The number of methoxy groups -OCH3 is 1. The smallest absolute Gasteiger partial charge is 0.161 e. The number of carbonyl (C=O) groups excluding carboxylic acids is 1. The monoisotopic (exact) mass is 241 g/mol. The fraction of sp³-hybridized carbons (Fsp3) is 0.133. The predicted molar refractivity (Wildman–Crippen MR) is 72.7 cm³/mol. The van der Waals surface area contributed by atoms with Gasteiger partial charge in [-0.2, -0.15) is 0 Å². The summed E-state index contributed by atoms with van der Waals surface area (Å²) in [4.78, 5) is 11.6. The number of nitrogens with one attached hydrogen (secondary N) is 1. The van der Waals surface area contributed by atoms with E-state index in [9.17, 15) is 4.79 Å². The number of anilines is 2. The highest BCUT2D eigenvalue weighted by molar-refractivity contribution is 6.00. The van der Waals surface area contributed by atoms with Crippen molar-refractivity contribution in [2.75, 3.05) is 12.4 Å². The minimum absolute atomic E-state index is 0.0242. The number of carbonyl (C=O) groups is 1. The summed E-state index contributed by atoms with van der Waals surface area (Å²) in [6.45, 7) is 1.55. The molecule has 0 amide bonds. The zero-order valence-electron chi connectivity index (χ0n) is 10.4. The van der Waals surface area contributed by atoms with Gasteiger partial charge in [-0.1, -0.05) is 18.2 Å². The maximum Gasteiger partial charge on any atom is 0.161 e. The summed E-state index contributed by atoms with van der Waals surface area (Å²) in [6, 6.07) is 15.1. The molecule has 2 aromatic rings. The summed E-state index contributed by atoms with van der Waals surface area (Å²) in [7, 11) is 1.61. The molecule has 0 radical (unpaired) electrons. The molecule has 0 saturated heterocycles. The van der Waals surface area contributed by atoms with Crippen LogP contribution in [-0.4, -0.2) is 12.9 Å². The number of hydrogen-bond donors (Lipinski definition) is 1. The van der Waals surface area contributed by atoms with Crippen LogP contribution < -0.4 is 10.1 Å². The van der Waals surface area contributed by atoms with Crippen LogP contribution >= 0.6 is 0 Å². The van der Waals surface area contributed by atoms with Gasteiger partial charge in [0.1, 0.15) is 5.75 Å². The molecule has 0 heterocycles. The van der Waals surface area contributed by atoms with E-state index >= 15 is 0 Å². The average molecular weight is 241 g/mol. The Balaban J connectivity index is 2.38. The topological polar surface area (TPSA) is 38.3 Å². The van der Waals surface area contributed by atoms with Crippen LogP contribution in [0.5, 0.6) is 5.75 Å². The molecule has 2 aromatic carbocycles. The maximum absolute atomic E-state index is 11.6. The molecular formula is C15H15NO2. The number of Topliss-reactive ketones (excluding diaryl/α,β-unsaturated/α-hetero) is 1. The average Bonchev–Trinajstić information content (AvgIpc) is 2.39. The molecule has 0 aliphatic heterocycles. The summed E-state index contributed by atoms with van der Waals surface area (Å²) >= 11 is 0. The molecule has 0 fully saturated rings. The molecule has 3 nitrogen and oxygen atoms in total. The lowest BCUT2D eigenvalue weighted by molar-refractivity contribution is 0.101. The van der Waals surface area contributed by atoms with Crippen molar-refractivity contribution >= 4 is 17.2 Å². The molecule has 0 aliphatic carbocycles. The first-order chi connectivity index (χ1) is 8.70. The van der Waals surface area contributed by atoms with E-state index in [1.807, 2.05) is 36.4 Å². The number of ketones is 1. The molecule has 1 N–H and O–H groups in total. The third kappa shape index (κ3) is 2.69. The van der Waals surface area contributed by atoms with Crippen molar-refractivity contribution in [1.29, 1.82) is 0 Å². The van der Waals surface area contributed by atoms with Crippen LogP contribution in [0.2, 0.25) is 0 Å². The Kier molecular flexibility index (Phi) is 3.63. The SMILES string of the molecule is COc1ccc(C(C)=O)c(Nc2ccccc2)c1. The minimum atomic E-state index is 0.0242. The third-order valence-electron chi connectivity index (χ3n) is 2.66. The van der Waals surface area contributed by atoms with Crippen LogP contribution in [0, 0.1) is 0 Å². The van der Waals surface area contributed by atoms with Gasteiger partial charge in [0.2, 0.25) is 0 Å². The number of hydrogen-bond acceptors (Lipinski definition) is 3. The van der Waals surface area contributed by atoms with Crippen molar-refractivity contribution in [2.45, 2.75) is 6.92 Å². The van der Waals surface area contributed by atoms with Gasteiger partial charge in [0, 0.05) is 17.3 Å². The number of ether oxygens (including phenoxy) is 1. The number of benzene rings is 2. The highest BCUT2D eigenvalue weighted by atomic mass is 16.5. The molecule has 0 bridgehead atoms. The summed E-state index contributed by atoms with van der Waals surface area (Å²) in [5.41, 5.74) is 2.35. The molecular weight excluding hydrogens is 226 g/mol. The molecule has 0 atom stereocenters. The van der Waals surface area contributed by atoms with E-state index in [2.05, 4.69) is 5.32 Å². The molecule has 0 spiro atoms. The van der Waals surface area contributed by atoms with E-state index in [1.165, 1.54) is 0 Å². The predicted octanol–water partition coefficient (Wildman–Crippen LogP) is 3.64. The van der Waals surface area contributed by atoms with Gasteiger partial charge < -0.3 is 10.1 Å². The molecule has 3 heteroatoms. The lowest BCUT2D eigenvalue weighted by Crippen LogP contribution is -2.00. The summed E-state index contributed by atoms with van der Waals surface area (Å²) < 4.78 is 5.18. The molecule has 0 saturated carbocycles. The lowest BCUT2D eigenvalue weighted by Gasteiger charge is -2.11. The van der Waals surface area contributed by atoms with E-state index in [0.717, 1.165) is 17.1 Å². The highest BCUT2D eigenvalue weighted by Gasteiger charge is 2.08. The van der Waals surface area contributed by atoms with Gasteiger partial charge in [-0.15, -0.1) is 0 Å². The van der Waals surface area contributed by atoms with E-state index in [4.69, 9.17) is 4.74 Å². The molecule has 92 valence electrons. The van der Waals surface area contributed by atoms with Crippen molar-refractivity contribution in [1.82, 2.24) is 0 Å². The van der Waals surface area contributed by atoms with Crippen LogP contribution in [0.1, 0.15) is 17.3 Å². The molecule has 0 aliphatic rings. The number of rotatable bonds is 4. The molecule has 0 unspecified atom stereocenters. The second-order valence-electron chi connectivity index (χ2n) is 3.96. The summed E-state index contributed by atoms with van der Waals surface area (Å²) in [6.07, 6.45) is 0. The van der Waals surface area contributed by atoms with Crippen LogP contribution in [0.3, 0.4) is 0 Å². The van der Waals surface area contributed by atoms with Gasteiger partial charge in [0.25, 0.3) is 0 Å². The zero-order chi connectivity index (χ0) is 13.0. The first-order valence-electron chi connectivity index (χ1n) is 5.72. The van der Waals surface area contributed by atoms with Gasteiger partial charge in [-0.05, 0) is 31.2 Å². The van der Waals surface area contributed by atoms with Crippen molar-refractivity contribution in [3.8, 4) is 5.75 Å². The Hall–Kier alpha value is -2.29. The normalized spacial score (nSPS) is 9.89. The third-order valence-corrected chi connectivity index (χ3v) is 2.66. The van der Waals surface area contributed by atoms with Crippen molar-refractivity contribution < 1.29 is 9.53 Å². The Labute approximate surface area is 106 Å². The second kappa shape index (κ2) is 5.36. The second-order valence-corrected chi connectivity index (χ2v) is 3.96. The highest BCUT2D eigenvalue weighted by Crippen LogP contribution is 2.26. The summed E-state index contributed by atoms with van der Waals surface area (Å²) in [5.74, 6) is 0.745. The van der Waals surface area contributed by atoms with Gasteiger partial charge in [0.15, 0.2) is 5.78 Å². The first-order valence-corrected chi connectivity index (χ1v) is 5.72. The van der Waals surface area contributed by atoms with Crippen LogP contribution in [0.4, 0.5) is 11.4 Å². The van der Waals surface area contributed by atoms with Crippen molar-refractivity contribution in [3.05, 3.63) is 54.1 Å². The van der Waals surface area contributed by atoms with Crippen LogP contribution in [0.25, 0.3) is 0 Å². The minimum Gasteiger partial charge on any atom is -0.497 e. The Bertz CT molecular complexity index is 550. The van der Waals surface area contributed by atoms with Gasteiger partial charge >= 0.3 is 0 Å². The Morgan fingerprint density at radius 3 is 2.44 bits per heavy atom. The molecule has 18 heavy (non-hydrogen) atoms. The van der Waals surface area contributed by atoms with E-state index in [1.54, 1.807) is 26.2 Å². The van der Waals surface area contributed by atoms with Gasteiger partial charge in [-0.25, -0.2) is 0 Å². The quantitative estimate of drug-likeness (QED) is 0.830. The Morgan fingerprint density at radius 1 is 1.11 bits per heavy atom. The number of para-hydroxylation sites is 1. The molecule has 0 aromatic heterocycles. The van der Waals surface area contributed by atoms with Gasteiger partial charge in [-0.3, -0.25) is 4.79 Å².